The topological polar surface area (TPSA) is 91.4 Å². The van der Waals surface area contributed by atoms with Gasteiger partial charge in [-0.05, 0) is 13.0 Å². The summed E-state index contributed by atoms with van der Waals surface area (Å²) in [4.78, 5) is 14.0. The van der Waals surface area contributed by atoms with Gasteiger partial charge in [0.2, 0.25) is 0 Å². The van der Waals surface area contributed by atoms with Crippen molar-refractivity contribution in [1.82, 2.24) is 4.90 Å². The van der Waals surface area contributed by atoms with Crippen LogP contribution in [-0.4, -0.2) is 63.9 Å². The molecule has 0 amide bonds. The number of hydrogen-bond donors (Lipinski definition) is 0. The molecule has 0 aliphatic carbocycles. The number of rotatable bonds is 4. The predicted octanol–water partition coefficient (Wildman–Crippen LogP) is -0.267. The van der Waals surface area contributed by atoms with Crippen molar-refractivity contribution >= 4 is 16.1 Å². The summed E-state index contributed by atoms with van der Waals surface area (Å²) in [7, 11) is -3.69. The second-order valence-electron chi connectivity index (χ2n) is 5.15. The molecule has 2 saturated heterocycles. The minimum absolute atomic E-state index is 0.273. The number of nitrogens with zero attached hydrogens (tertiary/aromatic N) is 1. The average Bonchev–Trinajstić information content (AvgIpc) is 2.93. The maximum atomic E-state index is 12.1. The fourth-order valence-corrected chi connectivity index (χ4v) is 3.15. The molecule has 0 radical (unpaired) electrons. The monoisotopic (exact) mass is 331 g/mol. The molecule has 0 aromatic carbocycles. The lowest BCUT2D eigenvalue weighted by atomic mass is 10.1. The highest BCUT2D eigenvalue weighted by atomic mass is 32.2. The molecular weight excluding hydrogens is 314 g/mol. The van der Waals surface area contributed by atoms with Crippen LogP contribution in [0.5, 0.6) is 0 Å². The minimum atomic E-state index is -3.69. The van der Waals surface area contributed by atoms with Crippen LogP contribution in [0.25, 0.3) is 0 Å². The highest BCUT2D eigenvalue weighted by Gasteiger charge is 2.49. The van der Waals surface area contributed by atoms with Gasteiger partial charge in [-0.3, -0.25) is 0 Å². The zero-order valence-electron chi connectivity index (χ0n) is 12.2. The molecule has 9 heteroatoms. The summed E-state index contributed by atoms with van der Waals surface area (Å²) in [6, 6.07) is 0. The van der Waals surface area contributed by atoms with Crippen LogP contribution in [0, 0.1) is 0 Å². The Kier molecular flexibility index (Phi) is 3.98. The van der Waals surface area contributed by atoms with E-state index >= 15 is 0 Å². The molecule has 22 heavy (non-hydrogen) atoms. The van der Waals surface area contributed by atoms with Gasteiger partial charge in [-0.25, -0.2) is 8.98 Å². The normalized spacial score (nSPS) is 30.5. The minimum Gasteiger partial charge on any atom is -0.462 e. The van der Waals surface area contributed by atoms with Crippen molar-refractivity contribution in [2.24, 2.45) is 0 Å². The summed E-state index contributed by atoms with van der Waals surface area (Å²) in [5.41, 5.74) is 1.06. The standard InChI is InChI=1S/C13H17NO7S/c1-3-18-12(15)8-5-4-6-14-7-9-11(10(8)14)20-13(19-9)21-22(2,16)17/h4-5,9,11,13H,3,6-7H2,1-2H3. The molecule has 3 aliphatic heterocycles. The largest absolute Gasteiger partial charge is 0.462 e. The van der Waals surface area contributed by atoms with Crippen molar-refractivity contribution in [3.05, 3.63) is 23.4 Å². The van der Waals surface area contributed by atoms with E-state index in [1.165, 1.54) is 0 Å². The Morgan fingerprint density at radius 2 is 2.23 bits per heavy atom. The van der Waals surface area contributed by atoms with Crippen LogP contribution in [0.4, 0.5) is 0 Å². The molecule has 122 valence electrons. The number of hydrogen-bond acceptors (Lipinski definition) is 8. The summed E-state index contributed by atoms with van der Waals surface area (Å²) >= 11 is 0. The lowest BCUT2D eigenvalue weighted by molar-refractivity contribution is -0.192. The zero-order chi connectivity index (χ0) is 15.9. The molecule has 0 aromatic heterocycles. The molecule has 3 atom stereocenters. The molecule has 0 N–H and O–H groups in total. The number of carbonyl (C=O) groups excluding carboxylic acids is 1. The van der Waals surface area contributed by atoms with E-state index < -0.39 is 28.7 Å². The molecule has 3 rings (SSSR count). The van der Waals surface area contributed by atoms with Crippen LogP contribution in [0.1, 0.15) is 6.92 Å². The third-order valence-corrected chi connectivity index (χ3v) is 4.03. The fourth-order valence-electron chi connectivity index (χ4n) is 2.78. The van der Waals surface area contributed by atoms with E-state index in [2.05, 4.69) is 0 Å². The van der Waals surface area contributed by atoms with Gasteiger partial charge >= 0.3 is 5.97 Å². The quantitative estimate of drug-likeness (QED) is 0.514. The highest BCUT2D eigenvalue weighted by molar-refractivity contribution is 7.86. The van der Waals surface area contributed by atoms with Crippen molar-refractivity contribution in [2.75, 3.05) is 26.0 Å². The van der Waals surface area contributed by atoms with Gasteiger partial charge in [-0.2, -0.15) is 8.42 Å². The molecule has 8 nitrogen and oxygen atoms in total. The highest BCUT2D eigenvalue weighted by Crippen LogP contribution is 2.38. The number of carbonyl (C=O) groups is 1. The number of esters is 1. The third-order valence-electron chi connectivity index (χ3n) is 3.53. The van der Waals surface area contributed by atoms with Crippen molar-refractivity contribution in [3.8, 4) is 0 Å². The molecule has 0 saturated carbocycles. The smallest absolute Gasteiger partial charge is 0.339 e. The first-order valence-corrected chi connectivity index (χ1v) is 8.72. The SMILES string of the molecule is CCOC(=O)C1=C2C3OC(OS(C)(=O)=O)OC3CN2CC=C1. The van der Waals surface area contributed by atoms with Crippen molar-refractivity contribution in [1.29, 1.82) is 0 Å². The predicted molar refractivity (Wildman–Crippen MR) is 73.8 cm³/mol. The van der Waals surface area contributed by atoms with Crippen LogP contribution in [0.3, 0.4) is 0 Å². The van der Waals surface area contributed by atoms with Gasteiger partial charge in [0.15, 0.2) is 0 Å². The lowest BCUT2D eigenvalue weighted by Crippen LogP contribution is -2.30. The second-order valence-corrected chi connectivity index (χ2v) is 6.75. The molecular formula is C13H17NO7S. The van der Waals surface area contributed by atoms with E-state index in [0.29, 0.717) is 24.4 Å². The Bertz CT molecular complexity index is 639. The first-order valence-electron chi connectivity index (χ1n) is 6.91. The van der Waals surface area contributed by atoms with E-state index in [1.807, 2.05) is 11.0 Å². The first-order chi connectivity index (χ1) is 10.4. The summed E-state index contributed by atoms with van der Waals surface area (Å²) in [6.45, 7) is 1.85. The van der Waals surface area contributed by atoms with Crippen molar-refractivity contribution in [3.63, 3.8) is 0 Å². The Balaban J connectivity index is 1.84. The van der Waals surface area contributed by atoms with Crippen LogP contribution < -0.4 is 0 Å². The Morgan fingerprint density at radius 1 is 1.45 bits per heavy atom. The summed E-state index contributed by atoms with van der Waals surface area (Å²) in [6.07, 6.45) is 3.55. The van der Waals surface area contributed by atoms with Crippen LogP contribution in [0.2, 0.25) is 0 Å². The third kappa shape index (κ3) is 2.89. The van der Waals surface area contributed by atoms with Crippen molar-refractivity contribution < 1.29 is 31.6 Å². The molecule has 0 spiro atoms. The van der Waals surface area contributed by atoms with E-state index in [1.54, 1.807) is 13.0 Å². The summed E-state index contributed by atoms with van der Waals surface area (Å²) in [5.74, 6) is -0.435. The van der Waals surface area contributed by atoms with Crippen molar-refractivity contribution in [2.45, 2.75) is 25.6 Å². The van der Waals surface area contributed by atoms with Crippen LogP contribution in [-0.2, 0) is 33.3 Å². The molecule has 2 fully saturated rings. The van der Waals surface area contributed by atoms with Gasteiger partial charge < -0.3 is 19.1 Å². The lowest BCUT2D eigenvalue weighted by Gasteiger charge is -2.26. The molecule has 3 heterocycles. The zero-order valence-corrected chi connectivity index (χ0v) is 13.0. The second kappa shape index (κ2) is 5.65. The van der Waals surface area contributed by atoms with E-state index in [-0.39, 0.29) is 12.7 Å². The maximum absolute atomic E-state index is 12.1. The van der Waals surface area contributed by atoms with E-state index in [0.717, 1.165) is 6.26 Å². The van der Waals surface area contributed by atoms with Gasteiger partial charge in [0.05, 0.1) is 24.1 Å². The molecule has 0 bridgehead atoms. The number of ether oxygens (including phenoxy) is 3. The van der Waals surface area contributed by atoms with Crippen LogP contribution >= 0.6 is 0 Å². The van der Waals surface area contributed by atoms with Crippen LogP contribution in [0.15, 0.2) is 23.4 Å². The first kappa shape index (κ1) is 15.5. The van der Waals surface area contributed by atoms with Gasteiger partial charge in [-0.15, -0.1) is 0 Å². The summed E-state index contributed by atoms with van der Waals surface area (Å²) in [5, 5.41) is 0. The van der Waals surface area contributed by atoms with Gasteiger partial charge in [0.25, 0.3) is 16.6 Å². The van der Waals surface area contributed by atoms with E-state index in [4.69, 9.17) is 18.4 Å². The molecule has 3 aliphatic rings. The Hall–Kier alpha value is -1.42. The Labute approximate surface area is 128 Å². The molecule has 3 unspecified atom stereocenters. The average molecular weight is 331 g/mol. The van der Waals surface area contributed by atoms with Gasteiger partial charge in [0.1, 0.15) is 12.2 Å². The van der Waals surface area contributed by atoms with Gasteiger partial charge in [0, 0.05) is 13.1 Å². The molecule has 0 aromatic rings. The number of fused-ring (bicyclic) bond motifs is 3. The maximum Gasteiger partial charge on any atom is 0.339 e. The van der Waals surface area contributed by atoms with E-state index in [9.17, 15) is 13.2 Å². The van der Waals surface area contributed by atoms with Gasteiger partial charge in [-0.1, -0.05) is 6.08 Å². The summed E-state index contributed by atoms with van der Waals surface area (Å²) < 4.78 is 43.1. The fraction of sp³-hybridized carbons (Fsp3) is 0.615. The Morgan fingerprint density at radius 3 is 2.91 bits per heavy atom.